The smallest absolute Gasteiger partial charge is 0.309 e. The van der Waals surface area contributed by atoms with Crippen molar-refractivity contribution in [1.82, 2.24) is 0 Å². The van der Waals surface area contributed by atoms with Gasteiger partial charge in [-0.05, 0) is 24.7 Å². The topological polar surface area (TPSA) is 37.3 Å². The SMILES string of the molecule is CC(C)CCCCC1(C(=O)O)CC1C. The second-order valence-corrected chi connectivity index (χ2v) is 5.21. The minimum atomic E-state index is -0.574. The van der Waals surface area contributed by atoms with Crippen LogP contribution in [0.15, 0.2) is 0 Å². The molecule has 1 fully saturated rings. The molecule has 1 aliphatic rings. The van der Waals surface area contributed by atoms with Gasteiger partial charge in [-0.25, -0.2) is 0 Å². The van der Waals surface area contributed by atoms with Crippen molar-refractivity contribution in [2.45, 2.75) is 52.9 Å². The van der Waals surface area contributed by atoms with Crippen molar-refractivity contribution >= 4 is 5.97 Å². The maximum Gasteiger partial charge on any atom is 0.309 e. The van der Waals surface area contributed by atoms with Crippen molar-refractivity contribution in [3.8, 4) is 0 Å². The molecule has 0 bridgehead atoms. The molecule has 1 N–H and O–H groups in total. The summed E-state index contributed by atoms with van der Waals surface area (Å²) in [5.74, 6) is 0.570. The third kappa shape index (κ3) is 2.49. The van der Waals surface area contributed by atoms with Crippen molar-refractivity contribution in [2.24, 2.45) is 17.3 Å². The van der Waals surface area contributed by atoms with Crippen molar-refractivity contribution in [1.29, 1.82) is 0 Å². The number of carboxylic acids is 1. The van der Waals surface area contributed by atoms with E-state index >= 15 is 0 Å². The van der Waals surface area contributed by atoms with Gasteiger partial charge in [0, 0.05) is 0 Å². The third-order valence-corrected chi connectivity index (χ3v) is 3.53. The van der Waals surface area contributed by atoms with E-state index < -0.39 is 5.97 Å². The molecule has 1 saturated carbocycles. The summed E-state index contributed by atoms with van der Waals surface area (Å²) in [5.41, 5.74) is -0.336. The lowest BCUT2D eigenvalue weighted by Gasteiger charge is -2.11. The molecule has 0 heterocycles. The van der Waals surface area contributed by atoms with Gasteiger partial charge in [0.25, 0.3) is 0 Å². The fraction of sp³-hybridized carbons (Fsp3) is 0.917. The first-order valence-electron chi connectivity index (χ1n) is 5.72. The van der Waals surface area contributed by atoms with Crippen LogP contribution in [-0.4, -0.2) is 11.1 Å². The van der Waals surface area contributed by atoms with Gasteiger partial charge in [0.2, 0.25) is 0 Å². The molecule has 2 unspecified atom stereocenters. The maximum absolute atomic E-state index is 11.0. The van der Waals surface area contributed by atoms with E-state index in [1.807, 2.05) is 0 Å². The Hall–Kier alpha value is -0.530. The Morgan fingerprint density at radius 1 is 1.50 bits per heavy atom. The van der Waals surface area contributed by atoms with Crippen molar-refractivity contribution in [3.05, 3.63) is 0 Å². The molecule has 0 aromatic heterocycles. The molecular formula is C12H22O2. The molecule has 0 amide bonds. The number of hydrogen-bond acceptors (Lipinski definition) is 1. The molecule has 0 radical (unpaired) electrons. The van der Waals surface area contributed by atoms with Gasteiger partial charge in [0.15, 0.2) is 0 Å². The van der Waals surface area contributed by atoms with Gasteiger partial charge >= 0.3 is 5.97 Å². The molecule has 2 heteroatoms. The molecule has 1 rings (SSSR count). The van der Waals surface area contributed by atoms with Crippen LogP contribution in [0.1, 0.15) is 52.9 Å². The lowest BCUT2D eigenvalue weighted by molar-refractivity contribution is -0.144. The minimum absolute atomic E-state index is 0.336. The van der Waals surface area contributed by atoms with Gasteiger partial charge < -0.3 is 5.11 Å². The standard InChI is InChI=1S/C12H22O2/c1-9(2)6-4-5-7-12(11(13)14)8-10(12)3/h9-10H,4-8H2,1-3H3,(H,13,14). The normalized spacial score (nSPS) is 30.7. The lowest BCUT2D eigenvalue weighted by atomic mass is 9.94. The molecule has 1 aliphatic carbocycles. The van der Waals surface area contributed by atoms with Crippen LogP contribution in [0.25, 0.3) is 0 Å². The number of hydrogen-bond donors (Lipinski definition) is 1. The fourth-order valence-corrected chi connectivity index (χ4v) is 2.23. The molecule has 0 saturated heterocycles. The van der Waals surface area contributed by atoms with Crippen molar-refractivity contribution < 1.29 is 9.90 Å². The van der Waals surface area contributed by atoms with Crippen LogP contribution >= 0.6 is 0 Å². The molecule has 0 aromatic rings. The largest absolute Gasteiger partial charge is 0.481 e. The molecule has 0 aliphatic heterocycles. The molecule has 14 heavy (non-hydrogen) atoms. The summed E-state index contributed by atoms with van der Waals surface area (Å²) >= 11 is 0. The molecule has 0 aromatic carbocycles. The van der Waals surface area contributed by atoms with E-state index in [4.69, 9.17) is 5.11 Å². The molecule has 2 atom stereocenters. The highest BCUT2D eigenvalue weighted by molar-refractivity contribution is 5.78. The van der Waals surface area contributed by atoms with Gasteiger partial charge in [-0.2, -0.15) is 0 Å². The Labute approximate surface area is 86.7 Å². The molecule has 0 spiro atoms. The summed E-state index contributed by atoms with van der Waals surface area (Å²) in [4.78, 5) is 11.0. The van der Waals surface area contributed by atoms with E-state index in [-0.39, 0.29) is 5.41 Å². The number of unbranched alkanes of at least 4 members (excludes halogenated alkanes) is 1. The van der Waals surface area contributed by atoms with E-state index in [0.717, 1.165) is 25.2 Å². The number of carbonyl (C=O) groups is 1. The predicted molar refractivity (Wildman–Crippen MR) is 57.2 cm³/mol. The zero-order valence-corrected chi connectivity index (χ0v) is 9.55. The summed E-state index contributed by atoms with van der Waals surface area (Å²) in [7, 11) is 0. The Morgan fingerprint density at radius 2 is 2.07 bits per heavy atom. The van der Waals surface area contributed by atoms with Crippen molar-refractivity contribution in [2.75, 3.05) is 0 Å². The highest BCUT2D eigenvalue weighted by Gasteiger charge is 2.56. The van der Waals surface area contributed by atoms with Crippen LogP contribution in [0.5, 0.6) is 0 Å². The van der Waals surface area contributed by atoms with Crippen molar-refractivity contribution in [3.63, 3.8) is 0 Å². The Kier molecular flexibility index (Phi) is 3.57. The zero-order chi connectivity index (χ0) is 10.8. The second kappa shape index (κ2) is 4.33. The first-order chi connectivity index (χ1) is 6.49. The van der Waals surface area contributed by atoms with Gasteiger partial charge in [0.05, 0.1) is 5.41 Å². The highest BCUT2D eigenvalue weighted by Crippen LogP contribution is 2.56. The highest BCUT2D eigenvalue weighted by atomic mass is 16.4. The van der Waals surface area contributed by atoms with E-state index in [1.54, 1.807) is 0 Å². The quantitative estimate of drug-likeness (QED) is 0.665. The zero-order valence-electron chi connectivity index (χ0n) is 9.55. The second-order valence-electron chi connectivity index (χ2n) is 5.21. The average Bonchev–Trinajstić information content (AvgIpc) is 2.72. The van der Waals surface area contributed by atoms with E-state index in [1.165, 1.54) is 12.8 Å². The fourth-order valence-electron chi connectivity index (χ4n) is 2.23. The Balaban J connectivity index is 2.21. The predicted octanol–water partition coefficient (Wildman–Crippen LogP) is 3.31. The van der Waals surface area contributed by atoms with Crippen LogP contribution in [0.3, 0.4) is 0 Å². The summed E-state index contributed by atoms with van der Waals surface area (Å²) < 4.78 is 0. The van der Waals surface area contributed by atoms with Gasteiger partial charge in [-0.15, -0.1) is 0 Å². The van der Waals surface area contributed by atoms with Crippen LogP contribution in [0.4, 0.5) is 0 Å². The summed E-state index contributed by atoms with van der Waals surface area (Å²) in [6.07, 6.45) is 5.26. The third-order valence-electron chi connectivity index (χ3n) is 3.53. The average molecular weight is 198 g/mol. The van der Waals surface area contributed by atoms with Gasteiger partial charge in [0.1, 0.15) is 0 Å². The van der Waals surface area contributed by atoms with Gasteiger partial charge in [-0.1, -0.05) is 40.0 Å². The summed E-state index contributed by atoms with van der Waals surface area (Å²) in [6.45, 7) is 6.48. The number of aliphatic carboxylic acids is 1. The minimum Gasteiger partial charge on any atom is -0.481 e. The van der Waals surface area contributed by atoms with E-state index in [2.05, 4.69) is 20.8 Å². The number of rotatable bonds is 6. The van der Waals surface area contributed by atoms with E-state index in [0.29, 0.717) is 5.92 Å². The van der Waals surface area contributed by atoms with Crippen LogP contribution < -0.4 is 0 Å². The van der Waals surface area contributed by atoms with Crippen LogP contribution in [0, 0.1) is 17.3 Å². The first-order valence-corrected chi connectivity index (χ1v) is 5.72. The number of carboxylic acid groups (broad SMARTS) is 1. The summed E-state index contributed by atoms with van der Waals surface area (Å²) in [6, 6.07) is 0. The lowest BCUT2D eigenvalue weighted by Crippen LogP contribution is -2.16. The first kappa shape index (κ1) is 11.5. The molecular weight excluding hydrogens is 176 g/mol. The van der Waals surface area contributed by atoms with E-state index in [9.17, 15) is 4.79 Å². The maximum atomic E-state index is 11.0. The molecule has 2 nitrogen and oxygen atoms in total. The monoisotopic (exact) mass is 198 g/mol. The molecule has 82 valence electrons. The summed E-state index contributed by atoms with van der Waals surface area (Å²) in [5, 5.41) is 9.08. The Morgan fingerprint density at radius 3 is 2.43 bits per heavy atom. The van der Waals surface area contributed by atoms with Gasteiger partial charge in [-0.3, -0.25) is 4.79 Å². The van der Waals surface area contributed by atoms with Crippen LogP contribution in [-0.2, 0) is 4.79 Å². The Bertz CT molecular complexity index is 210. The van der Waals surface area contributed by atoms with Crippen LogP contribution in [0.2, 0.25) is 0 Å².